The monoisotopic (exact) mass is 206 g/mol. The average molecular weight is 207 g/mol. The van der Waals surface area contributed by atoms with Crippen molar-refractivity contribution in [1.29, 1.82) is 5.26 Å². The van der Waals surface area contributed by atoms with E-state index in [-0.39, 0.29) is 5.54 Å². The second-order valence-electron chi connectivity index (χ2n) is 3.60. The van der Waals surface area contributed by atoms with Crippen LogP contribution >= 0.6 is 11.6 Å². The van der Waals surface area contributed by atoms with Crippen LogP contribution in [0, 0.1) is 11.3 Å². The first-order valence-corrected chi connectivity index (χ1v) is 5.03. The molecule has 1 aliphatic rings. The highest BCUT2D eigenvalue weighted by molar-refractivity contribution is 6.30. The fourth-order valence-corrected chi connectivity index (χ4v) is 1.88. The summed E-state index contributed by atoms with van der Waals surface area (Å²) in [7, 11) is 0. The zero-order valence-electron chi connectivity index (χ0n) is 7.76. The Morgan fingerprint density at radius 2 is 2.29 bits per heavy atom. The second kappa shape index (κ2) is 3.61. The zero-order chi connectivity index (χ0) is 10.0. The summed E-state index contributed by atoms with van der Waals surface area (Å²) in [5, 5.41) is 12.5. The molecule has 2 nitrogen and oxygen atoms in total. The summed E-state index contributed by atoms with van der Waals surface area (Å²) in [6, 6.07) is 9.95. The number of rotatable bonds is 3. The van der Waals surface area contributed by atoms with Gasteiger partial charge in [-0.3, -0.25) is 5.32 Å². The summed E-state index contributed by atoms with van der Waals surface area (Å²) in [6.07, 6.45) is 2.18. The van der Waals surface area contributed by atoms with Gasteiger partial charge < -0.3 is 0 Å². The molecule has 0 saturated heterocycles. The molecule has 1 aliphatic carbocycles. The van der Waals surface area contributed by atoms with Gasteiger partial charge in [0.25, 0.3) is 0 Å². The van der Waals surface area contributed by atoms with Crippen molar-refractivity contribution in [3.8, 4) is 6.07 Å². The summed E-state index contributed by atoms with van der Waals surface area (Å²) < 4.78 is 0. The van der Waals surface area contributed by atoms with Gasteiger partial charge in [0.1, 0.15) is 0 Å². The molecular weight excluding hydrogens is 196 g/mol. The highest BCUT2D eigenvalue weighted by Gasteiger charge is 2.43. The van der Waals surface area contributed by atoms with Crippen LogP contribution in [0.25, 0.3) is 0 Å². The molecule has 0 aromatic heterocycles. The standard InChI is InChI=1S/C11H11ClN2/c12-10-3-1-2-9(8-10)11(4-5-11)14-7-6-13/h1-3,8,14H,4-5,7H2. The maximum Gasteiger partial charge on any atom is 0.0847 e. The Kier molecular flexibility index (Phi) is 2.45. The molecular formula is C11H11ClN2. The first kappa shape index (κ1) is 9.51. The first-order valence-electron chi connectivity index (χ1n) is 4.65. The van der Waals surface area contributed by atoms with E-state index in [0.717, 1.165) is 17.9 Å². The fourth-order valence-electron chi connectivity index (χ4n) is 1.69. The predicted octanol–water partition coefficient (Wildman–Crippen LogP) is 2.44. The quantitative estimate of drug-likeness (QED) is 0.772. The number of halogens is 1. The Labute approximate surface area is 88.5 Å². The molecule has 0 amide bonds. The lowest BCUT2D eigenvalue weighted by atomic mass is 10.1. The molecule has 72 valence electrons. The van der Waals surface area contributed by atoms with Crippen LogP contribution in [0.2, 0.25) is 5.02 Å². The molecule has 0 heterocycles. The van der Waals surface area contributed by atoms with Gasteiger partial charge in [-0.05, 0) is 30.5 Å². The lowest BCUT2D eigenvalue weighted by Crippen LogP contribution is -2.29. The molecule has 0 spiro atoms. The Balaban J connectivity index is 2.18. The number of nitrogens with one attached hydrogen (secondary N) is 1. The van der Waals surface area contributed by atoms with Crippen molar-refractivity contribution in [2.45, 2.75) is 18.4 Å². The number of hydrogen-bond donors (Lipinski definition) is 1. The van der Waals surface area contributed by atoms with Gasteiger partial charge in [0.05, 0.1) is 12.6 Å². The molecule has 0 unspecified atom stereocenters. The summed E-state index contributed by atoms with van der Waals surface area (Å²) >= 11 is 5.92. The maximum absolute atomic E-state index is 8.52. The third-order valence-corrected chi connectivity index (χ3v) is 2.87. The van der Waals surface area contributed by atoms with Crippen molar-refractivity contribution in [2.24, 2.45) is 0 Å². The zero-order valence-corrected chi connectivity index (χ0v) is 8.51. The van der Waals surface area contributed by atoms with Crippen LogP contribution in [0.15, 0.2) is 24.3 Å². The van der Waals surface area contributed by atoms with Crippen LogP contribution in [0.3, 0.4) is 0 Å². The van der Waals surface area contributed by atoms with Crippen molar-refractivity contribution in [2.75, 3.05) is 6.54 Å². The number of benzene rings is 1. The van der Waals surface area contributed by atoms with E-state index in [0.29, 0.717) is 6.54 Å². The third kappa shape index (κ3) is 1.75. The number of hydrogen-bond acceptors (Lipinski definition) is 2. The molecule has 1 saturated carbocycles. The number of nitriles is 1. The predicted molar refractivity (Wildman–Crippen MR) is 56.0 cm³/mol. The van der Waals surface area contributed by atoms with Crippen LogP contribution in [-0.2, 0) is 5.54 Å². The Morgan fingerprint density at radius 1 is 1.50 bits per heavy atom. The van der Waals surface area contributed by atoms with Gasteiger partial charge >= 0.3 is 0 Å². The Hall–Kier alpha value is -1.04. The van der Waals surface area contributed by atoms with Crippen LogP contribution in [0.5, 0.6) is 0 Å². The van der Waals surface area contributed by atoms with Crippen molar-refractivity contribution in [3.05, 3.63) is 34.9 Å². The molecule has 1 fully saturated rings. The van der Waals surface area contributed by atoms with E-state index in [1.807, 2.05) is 18.2 Å². The van der Waals surface area contributed by atoms with E-state index in [2.05, 4.69) is 17.5 Å². The lowest BCUT2D eigenvalue weighted by Gasteiger charge is -2.15. The topological polar surface area (TPSA) is 35.8 Å². The largest absolute Gasteiger partial charge is 0.295 e. The molecule has 3 heteroatoms. The van der Waals surface area contributed by atoms with Crippen molar-refractivity contribution < 1.29 is 0 Å². The molecule has 0 radical (unpaired) electrons. The maximum atomic E-state index is 8.52. The van der Waals surface area contributed by atoms with Gasteiger partial charge in [-0.1, -0.05) is 23.7 Å². The highest BCUT2D eigenvalue weighted by atomic mass is 35.5. The minimum atomic E-state index is 0.0284. The molecule has 1 N–H and O–H groups in total. The molecule has 1 aromatic carbocycles. The number of nitrogens with zero attached hydrogens (tertiary/aromatic N) is 1. The van der Waals surface area contributed by atoms with Crippen LogP contribution < -0.4 is 5.32 Å². The summed E-state index contributed by atoms with van der Waals surface area (Å²) in [4.78, 5) is 0. The summed E-state index contributed by atoms with van der Waals surface area (Å²) in [5.41, 5.74) is 1.22. The highest BCUT2D eigenvalue weighted by Crippen LogP contribution is 2.45. The minimum absolute atomic E-state index is 0.0284. The van der Waals surface area contributed by atoms with Crippen LogP contribution in [0.1, 0.15) is 18.4 Å². The van der Waals surface area contributed by atoms with Gasteiger partial charge in [0.15, 0.2) is 0 Å². The molecule has 14 heavy (non-hydrogen) atoms. The van der Waals surface area contributed by atoms with E-state index < -0.39 is 0 Å². The van der Waals surface area contributed by atoms with E-state index in [4.69, 9.17) is 16.9 Å². The lowest BCUT2D eigenvalue weighted by molar-refractivity contribution is 0.559. The Morgan fingerprint density at radius 3 is 2.86 bits per heavy atom. The Bertz CT molecular complexity index is 377. The van der Waals surface area contributed by atoms with Crippen LogP contribution in [-0.4, -0.2) is 6.54 Å². The average Bonchev–Trinajstić information content (AvgIpc) is 2.96. The van der Waals surface area contributed by atoms with Crippen molar-refractivity contribution in [1.82, 2.24) is 5.32 Å². The van der Waals surface area contributed by atoms with E-state index in [1.165, 1.54) is 5.56 Å². The van der Waals surface area contributed by atoms with E-state index >= 15 is 0 Å². The van der Waals surface area contributed by atoms with Gasteiger partial charge in [0.2, 0.25) is 0 Å². The summed E-state index contributed by atoms with van der Waals surface area (Å²) in [5.74, 6) is 0. The smallest absolute Gasteiger partial charge is 0.0847 e. The molecule has 2 rings (SSSR count). The van der Waals surface area contributed by atoms with E-state index in [1.54, 1.807) is 0 Å². The minimum Gasteiger partial charge on any atom is -0.295 e. The first-order chi connectivity index (χ1) is 6.77. The molecule has 1 aromatic rings. The van der Waals surface area contributed by atoms with E-state index in [9.17, 15) is 0 Å². The van der Waals surface area contributed by atoms with Gasteiger partial charge in [-0.2, -0.15) is 5.26 Å². The van der Waals surface area contributed by atoms with Gasteiger partial charge in [-0.15, -0.1) is 0 Å². The third-order valence-electron chi connectivity index (χ3n) is 2.63. The SMILES string of the molecule is N#CCNC1(c2cccc(Cl)c2)CC1. The summed E-state index contributed by atoms with van der Waals surface area (Å²) in [6.45, 7) is 0.395. The van der Waals surface area contributed by atoms with Crippen LogP contribution in [0.4, 0.5) is 0 Å². The molecule has 0 aliphatic heterocycles. The molecule has 0 bridgehead atoms. The van der Waals surface area contributed by atoms with Crippen molar-refractivity contribution >= 4 is 11.6 Å². The van der Waals surface area contributed by atoms with Crippen molar-refractivity contribution in [3.63, 3.8) is 0 Å². The molecule has 0 atom stereocenters. The van der Waals surface area contributed by atoms with Gasteiger partial charge in [0, 0.05) is 10.6 Å². The second-order valence-corrected chi connectivity index (χ2v) is 4.04. The normalized spacial score (nSPS) is 17.4. The van der Waals surface area contributed by atoms with Gasteiger partial charge in [-0.25, -0.2) is 0 Å². The fraction of sp³-hybridized carbons (Fsp3) is 0.364.